The lowest BCUT2D eigenvalue weighted by atomic mass is 9.90. The van der Waals surface area contributed by atoms with Gasteiger partial charge < -0.3 is 24.2 Å². The minimum Gasteiger partial charge on any atom is -0.497 e. The molecule has 0 radical (unpaired) electrons. The van der Waals surface area contributed by atoms with Crippen LogP contribution in [0.25, 0.3) is 0 Å². The molecule has 0 spiro atoms. The Labute approximate surface area is 174 Å². The molecule has 0 aliphatic carbocycles. The van der Waals surface area contributed by atoms with Crippen LogP contribution in [0.2, 0.25) is 0 Å². The predicted octanol–water partition coefficient (Wildman–Crippen LogP) is 3.54. The molecule has 2 aromatic rings. The van der Waals surface area contributed by atoms with Gasteiger partial charge in [0, 0.05) is 12.1 Å². The average molecular weight is 400 g/mol. The van der Waals surface area contributed by atoms with E-state index in [2.05, 4.69) is 35.2 Å². The first-order valence-electron chi connectivity index (χ1n) is 10.4. The van der Waals surface area contributed by atoms with Crippen molar-refractivity contribution >= 4 is 0 Å². The highest BCUT2D eigenvalue weighted by atomic mass is 16.5. The molecule has 1 aliphatic heterocycles. The van der Waals surface area contributed by atoms with Gasteiger partial charge in [-0.1, -0.05) is 30.3 Å². The third-order valence-corrected chi connectivity index (χ3v) is 5.60. The topological polar surface area (TPSA) is 51.2 Å². The third-order valence-electron chi connectivity index (χ3n) is 5.60. The van der Waals surface area contributed by atoms with E-state index < -0.39 is 6.10 Å². The van der Waals surface area contributed by atoms with E-state index in [-0.39, 0.29) is 0 Å². The Morgan fingerprint density at radius 2 is 1.79 bits per heavy atom. The van der Waals surface area contributed by atoms with Gasteiger partial charge in [0.1, 0.15) is 11.5 Å². The maximum absolute atomic E-state index is 10.4. The summed E-state index contributed by atoms with van der Waals surface area (Å²) in [6, 6.07) is 16.4. The number of hydrogen-bond donors (Lipinski definition) is 1. The number of aliphatic hydroxyl groups excluding tert-OH is 1. The van der Waals surface area contributed by atoms with Gasteiger partial charge in [0.05, 0.1) is 33.5 Å². The number of nitrogens with zero attached hydrogens (tertiary/aromatic N) is 1. The number of methoxy groups -OCH3 is 2. The molecular weight excluding hydrogens is 366 g/mol. The summed E-state index contributed by atoms with van der Waals surface area (Å²) in [6.07, 6.45) is 3.03. The molecule has 1 heterocycles. The van der Waals surface area contributed by atoms with Gasteiger partial charge in [-0.15, -0.1) is 0 Å². The molecule has 3 rings (SSSR count). The fraction of sp³-hybridized carbons (Fsp3) is 0.500. The summed E-state index contributed by atoms with van der Waals surface area (Å²) in [5.41, 5.74) is 2.34. The summed E-state index contributed by atoms with van der Waals surface area (Å²) in [6.45, 7) is 3.44. The van der Waals surface area contributed by atoms with Gasteiger partial charge in [0.2, 0.25) is 0 Å². The largest absolute Gasteiger partial charge is 0.497 e. The van der Waals surface area contributed by atoms with Crippen LogP contribution in [0.4, 0.5) is 0 Å². The van der Waals surface area contributed by atoms with Crippen molar-refractivity contribution in [3.63, 3.8) is 0 Å². The van der Waals surface area contributed by atoms with E-state index in [1.54, 1.807) is 14.2 Å². The Morgan fingerprint density at radius 1 is 1.03 bits per heavy atom. The number of aliphatic hydroxyl groups is 1. The molecule has 1 atom stereocenters. The van der Waals surface area contributed by atoms with Gasteiger partial charge in [-0.05, 0) is 62.0 Å². The third kappa shape index (κ3) is 6.74. The minimum absolute atomic E-state index is 0.310. The van der Waals surface area contributed by atoms with Crippen molar-refractivity contribution in [1.29, 1.82) is 0 Å². The zero-order valence-corrected chi connectivity index (χ0v) is 17.5. The van der Waals surface area contributed by atoms with Gasteiger partial charge in [0.15, 0.2) is 0 Å². The molecular formula is C24H33NO4. The first-order valence-corrected chi connectivity index (χ1v) is 10.4. The highest BCUT2D eigenvalue weighted by molar-refractivity contribution is 5.39. The Kier molecular flexibility index (Phi) is 8.35. The molecule has 1 fully saturated rings. The van der Waals surface area contributed by atoms with E-state index in [9.17, 15) is 5.11 Å². The molecule has 1 aliphatic rings. The molecule has 29 heavy (non-hydrogen) atoms. The summed E-state index contributed by atoms with van der Waals surface area (Å²) in [5, 5.41) is 10.4. The fourth-order valence-corrected chi connectivity index (χ4v) is 3.97. The molecule has 0 unspecified atom stereocenters. The zero-order chi connectivity index (χ0) is 20.5. The van der Waals surface area contributed by atoms with Crippen molar-refractivity contribution in [3.05, 3.63) is 59.7 Å². The molecule has 1 saturated heterocycles. The molecule has 0 bridgehead atoms. The maximum atomic E-state index is 10.4. The monoisotopic (exact) mass is 399 g/mol. The molecule has 5 heteroatoms. The van der Waals surface area contributed by atoms with Crippen molar-refractivity contribution in [1.82, 2.24) is 4.90 Å². The van der Waals surface area contributed by atoms with Crippen molar-refractivity contribution in [3.8, 4) is 11.5 Å². The van der Waals surface area contributed by atoms with Gasteiger partial charge in [0.25, 0.3) is 0 Å². The number of β-amino-alcohol motifs (C(OH)–C–C–N with tert-alkyl or cyclic N) is 1. The van der Waals surface area contributed by atoms with Crippen LogP contribution >= 0.6 is 0 Å². The van der Waals surface area contributed by atoms with E-state index in [1.807, 2.05) is 18.2 Å². The van der Waals surface area contributed by atoms with Crippen LogP contribution in [0.1, 0.15) is 24.0 Å². The Bertz CT molecular complexity index is 729. The normalized spacial score (nSPS) is 16.5. The number of piperidine rings is 1. The van der Waals surface area contributed by atoms with Crippen molar-refractivity contribution < 1.29 is 19.3 Å². The van der Waals surface area contributed by atoms with Crippen LogP contribution in [-0.2, 0) is 17.8 Å². The van der Waals surface area contributed by atoms with Crippen molar-refractivity contribution in [2.75, 3.05) is 40.5 Å². The molecule has 0 amide bonds. The number of hydrogen-bond acceptors (Lipinski definition) is 5. The summed E-state index contributed by atoms with van der Waals surface area (Å²) >= 11 is 0. The van der Waals surface area contributed by atoms with Crippen LogP contribution in [0.15, 0.2) is 48.5 Å². The SMILES string of the molecule is COc1ccc(OC)c(COC[C@H](O)CN2CCC(Cc3ccccc3)CC2)c1. The van der Waals surface area contributed by atoms with E-state index in [1.165, 1.54) is 18.4 Å². The van der Waals surface area contributed by atoms with Crippen LogP contribution in [-0.4, -0.2) is 56.6 Å². The number of rotatable bonds is 10. The van der Waals surface area contributed by atoms with E-state index in [0.29, 0.717) is 19.8 Å². The smallest absolute Gasteiger partial charge is 0.124 e. The highest BCUT2D eigenvalue weighted by Gasteiger charge is 2.21. The highest BCUT2D eigenvalue weighted by Crippen LogP contribution is 2.25. The molecule has 158 valence electrons. The Hall–Kier alpha value is -2.08. The van der Waals surface area contributed by atoms with Gasteiger partial charge in [-0.25, -0.2) is 0 Å². The van der Waals surface area contributed by atoms with Crippen LogP contribution in [0, 0.1) is 5.92 Å². The molecule has 2 aromatic carbocycles. The Morgan fingerprint density at radius 3 is 2.48 bits per heavy atom. The summed E-state index contributed by atoms with van der Waals surface area (Å²) < 4.78 is 16.4. The van der Waals surface area contributed by atoms with Gasteiger partial charge in [-0.3, -0.25) is 0 Å². The zero-order valence-electron chi connectivity index (χ0n) is 17.5. The maximum Gasteiger partial charge on any atom is 0.124 e. The minimum atomic E-state index is -0.489. The second kappa shape index (κ2) is 11.2. The molecule has 5 nitrogen and oxygen atoms in total. The summed E-state index contributed by atoms with van der Waals surface area (Å²) in [5.74, 6) is 2.27. The van der Waals surface area contributed by atoms with Gasteiger partial charge >= 0.3 is 0 Å². The van der Waals surface area contributed by atoms with Crippen molar-refractivity contribution in [2.45, 2.75) is 32.0 Å². The molecule has 0 aromatic heterocycles. The van der Waals surface area contributed by atoms with E-state index in [0.717, 1.165) is 42.5 Å². The molecule has 0 saturated carbocycles. The molecule has 1 N–H and O–H groups in total. The van der Waals surface area contributed by atoms with Gasteiger partial charge in [-0.2, -0.15) is 0 Å². The van der Waals surface area contributed by atoms with Crippen molar-refractivity contribution in [2.24, 2.45) is 5.92 Å². The summed E-state index contributed by atoms with van der Waals surface area (Å²) in [7, 11) is 3.28. The van der Waals surface area contributed by atoms with Crippen LogP contribution < -0.4 is 9.47 Å². The fourth-order valence-electron chi connectivity index (χ4n) is 3.97. The van der Waals surface area contributed by atoms with E-state index in [4.69, 9.17) is 14.2 Å². The lowest BCUT2D eigenvalue weighted by Gasteiger charge is -2.33. The predicted molar refractivity (Wildman–Crippen MR) is 115 cm³/mol. The lowest BCUT2D eigenvalue weighted by Crippen LogP contribution is -2.40. The van der Waals surface area contributed by atoms with E-state index >= 15 is 0 Å². The Balaban J connectivity index is 1.37. The number of likely N-dealkylation sites (tertiary alicyclic amines) is 1. The van der Waals surface area contributed by atoms with Crippen LogP contribution in [0.5, 0.6) is 11.5 Å². The first-order chi connectivity index (χ1) is 14.2. The van der Waals surface area contributed by atoms with Crippen LogP contribution in [0.3, 0.4) is 0 Å². The number of benzene rings is 2. The standard InChI is InChI=1S/C24H33NO4/c1-27-23-8-9-24(28-2)21(15-23)17-29-18-22(26)16-25-12-10-20(11-13-25)14-19-6-4-3-5-7-19/h3-9,15,20,22,26H,10-14,16-18H2,1-2H3/t22-/m1/s1. The quantitative estimate of drug-likeness (QED) is 0.662. The second-order valence-electron chi connectivity index (χ2n) is 7.78. The first kappa shape index (κ1) is 21.6. The summed E-state index contributed by atoms with van der Waals surface area (Å²) in [4.78, 5) is 2.35. The number of ether oxygens (including phenoxy) is 3. The second-order valence-corrected chi connectivity index (χ2v) is 7.78. The lowest BCUT2D eigenvalue weighted by molar-refractivity contribution is 0.00404. The average Bonchev–Trinajstić information content (AvgIpc) is 2.75.